The molecule has 2 heteroatoms. The molecular weight excluding hydrogens is 164 g/mol. The van der Waals surface area contributed by atoms with E-state index in [4.69, 9.17) is 4.74 Å². The summed E-state index contributed by atoms with van der Waals surface area (Å²) in [5.41, 5.74) is -0.0815. The van der Waals surface area contributed by atoms with E-state index in [9.17, 15) is 5.11 Å². The van der Waals surface area contributed by atoms with Gasteiger partial charge in [0.05, 0.1) is 6.61 Å². The number of hydrogen-bond donors (Lipinski definition) is 0. The van der Waals surface area contributed by atoms with Crippen molar-refractivity contribution in [2.75, 3.05) is 6.61 Å². The second-order valence-electron chi connectivity index (χ2n) is 4.38. The van der Waals surface area contributed by atoms with E-state index in [1.807, 2.05) is 20.8 Å². The van der Waals surface area contributed by atoms with Crippen LogP contribution in [-0.4, -0.2) is 6.61 Å². The third-order valence-electron chi connectivity index (χ3n) is 1.54. The highest BCUT2D eigenvalue weighted by molar-refractivity contribution is 4.92. The minimum absolute atomic E-state index is 0.0815. The zero-order valence-corrected chi connectivity index (χ0v) is 9.22. The molecule has 0 aromatic heterocycles. The summed E-state index contributed by atoms with van der Waals surface area (Å²) in [7, 11) is 0. The summed E-state index contributed by atoms with van der Waals surface area (Å²) in [6.07, 6.45) is 4.88. The van der Waals surface area contributed by atoms with Crippen LogP contribution in [0.25, 0.3) is 0 Å². The van der Waals surface area contributed by atoms with Gasteiger partial charge in [0, 0.05) is 6.08 Å². The maximum Gasteiger partial charge on any atom is 0.327 e. The fraction of sp³-hybridized carbons (Fsp3) is 0.818. The van der Waals surface area contributed by atoms with E-state index < -0.39 is 0 Å². The predicted molar refractivity (Wildman–Crippen MR) is 53.7 cm³/mol. The molecule has 0 rings (SSSR count). The van der Waals surface area contributed by atoms with Crippen molar-refractivity contribution in [2.45, 2.75) is 47.0 Å². The molecule has 13 heavy (non-hydrogen) atoms. The number of allylic oxidation sites excluding steroid dienone is 1. The van der Waals surface area contributed by atoms with Gasteiger partial charge in [0.1, 0.15) is 0 Å². The van der Waals surface area contributed by atoms with E-state index in [-0.39, 0.29) is 11.4 Å². The summed E-state index contributed by atoms with van der Waals surface area (Å²) < 4.78 is 5.03. The molecule has 0 fully saturated rings. The van der Waals surface area contributed by atoms with Gasteiger partial charge in [0.15, 0.2) is 0 Å². The van der Waals surface area contributed by atoms with E-state index in [0.717, 1.165) is 19.3 Å². The minimum Gasteiger partial charge on any atom is -0.463 e. The van der Waals surface area contributed by atoms with Crippen molar-refractivity contribution in [3.63, 3.8) is 0 Å². The predicted octanol–water partition coefficient (Wildman–Crippen LogP) is 3.51. The van der Waals surface area contributed by atoms with E-state index >= 15 is 0 Å². The molecule has 0 saturated carbocycles. The quantitative estimate of drug-likeness (QED) is 0.476. The van der Waals surface area contributed by atoms with Crippen LogP contribution >= 0.6 is 0 Å². The Kier molecular flexibility index (Phi) is 5.60. The van der Waals surface area contributed by atoms with E-state index in [1.165, 1.54) is 0 Å². The summed E-state index contributed by atoms with van der Waals surface area (Å²) in [6.45, 7) is 8.64. The van der Waals surface area contributed by atoms with Gasteiger partial charge in [-0.3, -0.25) is 0 Å². The summed E-state index contributed by atoms with van der Waals surface area (Å²) in [5, 5.41) is 11.1. The Hall–Kier alpha value is -0.660. The molecule has 0 atom stereocenters. The van der Waals surface area contributed by atoms with Crippen LogP contribution < -0.4 is 0 Å². The molecular formula is C11H21O2. The van der Waals surface area contributed by atoms with Gasteiger partial charge in [0.2, 0.25) is 0 Å². The molecule has 0 aromatic carbocycles. The summed E-state index contributed by atoms with van der Waals surface area (Å²) in [4.78, 5) is 0. The van der Waals surface area contributed by atoms with Crippen molar-refractivity contribution >= 4 is 0 Å². The highest BCUT2D eigenvalue weighted by atomic mass is 16.6. The molecule has 0 saturated heterocycles. The molecule has 0 aliphatic rings. The van der Waals surface area contributed by atoms with Crippen LogP contribution in [0, 0.1) is 5.41 Å². The molecule has 77 valence electrons. The van der Waals surface area contributed by atoms with E-state index in [1.54, 1.807) is 6.08 Å². The zero-order chi connectivity index (χ0) is 10.3. The van der Waals surface area contributed by atoms with Gasteiger partial charge in [-0.15, -0.1) is 0 Å². The molecule has 0 N–H and O–H groups in total. The highest BCUT2D eigenvalue weighted by Crippen LogP contribution is 2.17. The smallest absolute Gasteiger partial charge is 0.327 e. The first kappa shape index (κ1) is 12.3. The first-order valence-electron chi connectivity index (χ1n) is 4.98. The van der Waals surface area contributed by atoms with Crippen molar-refractivity contribution in [2.24, 2.45) is 5.41 Å². The third kappa shape index (κ3) is 9.25. The Balaban J connectivity index is 3.62. The summed E-state index contributed by atoms with van der Waals surface area (Å²) >= 11 is 0. The third-order valence-corrected chi connectivity index (χ3v) is 1.54. The lowest BCUT2D eigenvalue weighted by molar-refractivity contribution is 0.0470. The van der Waals surface area contributed by atoms with Gasteiger partial charge in [0.25, 0.3) is 0 Å². The van der Waals surface area contributed by atoms with Gasteiger partial charge < -0.3 is 4.74 Å². The minimum atomic E-state index is -0.191. The first-order valence-corrected chi connectivity index (χ1v) is 4.98. The van der Waals surface area contributed by atoms with Gasteiger partial charge in [-0.25, -0.2) is 5.11 Å². The SMILES string of the molecule is CCCCCOC([O])=CC(C)(C)C. The van der Waals surface area contributed by atoms with Gasteiger partial charge in [-0.2, -0.15) is 0 Å². The molecule has 0 aromatic rings. The molecule has 0 unspecified atom stereocenters. The Morgan fingerprint density at radius 3 is 2.38 bits per heavy atom. The Labute approximate surface area is 81.6 Å². The molecule has 0 spiro atoms. The fourth-order valence-electron chi connectivity index (χ4n) is 0.920. The van der Waals surface area contributed by atoms with Crippen LogP contribution in [0.1, 0.15) is 47.0 Å². The van der Waals surface area contributed by atoms with Crippen molar-refractivity contribution in [3.8, 4) is 0 Å². The van der Waals surface area contributed by atoms with Crippen LogP contribution in [0.4, 0.5) is 0 Å². The van der Waals surface area contributed by atoms with Crippen molar-refractivity contribution in [3.05, 3.63) is 12.0 Å². The van der Waals surface area contributed by atoms with Crippen LogP contribution in [-0.2, 0) is 9.84 Å². The molecule has 2 nitrogen and oxygen atoms in total. The van der Waals surface area contributed by atoms with Crippen LogP contribution in [0.2, 0.25) is 0 Å². The normalized spacial score (nSPS) is 13.1. The molecule has 0 aliphatic heterocycles. The average Bonchev–Trinajstić information content (AvgIpc) is 1.94. The lowest BCUT2D eigenvalue weighted by Gasteiger charge is -2.11. The van der Waals surface area contributed by atoms with E-state index in [2.05, 4.69) is 6.92 Å². The summed E-state index contributed by atoms with van der Waals surface area (Å²) in [6, 6.07) is 0. The summed E-state index contributed by atoms with van der Waals surface area (Å²) in [5.74, 6) is -0.191. The fourth-order valence-corrected chi connectivity index (χ4v) is 0.920. The Morgan fingerprint density at radius 2 is 1.92 bits per heavy atom. The number of unbranched alkanes of at least 4 members (excludes halogenated alkanes) is 2. The Morgan fingerprint density at radius 1 is 1.31 bits per heavy atom. The molecule has 0 aliphatic carbocycles. The zero-order valence-electron chi connectivity index (χ0n) is 9.22. The van der Waals surface area contributed by atoms with Crippen LogP contribution in [0.5, 0.6) is 0 Å². The monoisotopic (exact) mass is 185 g/mol. The standard InChI is InChI=1S/C11H21O2/c1-5-6-7-8-13-10(12)9-11(2,3)4/h9H,5-8H2,1-4H3. The number of rotatable bonds is 5. The number of ether oxygens (including phenoxy) is 1. The highest BCUT2D eigenvalue weighted by Gasteiger charge is 2.09. The van der Waals surface area contributed by atoms with Gasteiger partial charge in [-0.05, 0) is 11.8 Å². The second-order valence-corrected chi connectivity index (χ2v) is 4.38. The van der Waals surface area contributed by atoms with Crippen molar-refractivity contribution in [1.29, 1.82) is 0 Å². The molecule has 0 amide bonds. The lowest BCUT2D eigenvalue weighted by Crippen LogP contribution is -2.03. The van der Waals surface area contributed by atoms with Crippen molar-refractivity contribution in [1.82, 2.24) is 0 Å². The topological polar surface area (TPSA) is 29.1 Å². The van der Waals surface area contributed by atoms with Crippen molar-refractivity contribution < 1.29 is 9.84 Å². The number of hydrogen-bond acceptors (Lipinski definition) is 1. The molecule has 0 heterocycles. The second kappa shape index (κ2) is 5.90. The Bertz CT molecular complexity index is 154. The molecule has 0 bridgehead atoms. The van der Waals surface area contributed by atoms with Crippen LogP contribution in [0.15, 0.2) is 12.0 Å². The largest absolute Gasteiger partial charge is 0.463 e. The average molecular weight is 185 g/mol. The molecule has 1 radical (unpaired) electrons. The van der Waals surface area contributed by atoms with Gasteiger partial charge in [-0.1, -0.05) is 40.5 Å². The van der Waals surface area contributed by atoms with Crippen LogP contribution in [0.3, 0.4) is 0 Å². The maximum absolute atomic E-state index is 11.1. The maximum atomic E-state index is 11.1. The lowest BCUT2D eigenvalue weighted by atomic mass is 9.97. The van der Waals surface area contributed by atoms with E-state index in [0.29, 0.717) is 6.61 Å². The van der Waals surface area contributed by atoms with Gasteiger partial charge >= 0.3 is 5.95 Å². The first-order chi connectivity index (χ1) is 5.95.